The monoisotopic (exact) mass is 930 g/mol. The molecule has 1 atom stereocenters. The van der Waals surface area contributed by atoms with E-state index in [0.717, 1.165) is 80.4 Å². The van der Waals surface area contributed by atoms with Crippen LogP contribution >= 0.6 is 0 Å². The van der Waals surface area contributed by atoms with E-state index in [9.17, 15) is 0 Å². The van der Waals surface area contributed by atoms with Crippen LogP contribution < -0.4 is 4.74 Å². The summed E-state index contributed by atoms with van der Waals surface area (Å²) in [4.78, 5) is 5.54. The van der Waals surface area contributed by atoms with Crippen molar-refractivity contribution in [3.05, 3.63) is 143 Å². The molecule has 0 bridgehead atoms. The van der Waals surface area contributed by atoms with Crippen LogP contribution in [0.1, 0.15) is 111 Å². The maximum Gasteiger partial charge on any atom is 2.00 e. The molecule has 0 spiro atoms. The molecule has 1 aliphatic heterocycles. The molecule has 0 saturated heterocycles. The number of rotatable bonds is 6. The number of fused-ring (bicyclic) bond motifs is 5. The predicted molar refractivity (Wildman–Crippen MR) is 229 cm³/mol. The van der Waals surface area contributed by atoms with E-state index in [1.165, 1.54) is 22.3 Å². The largest absolute Gasteiger partial charge is 2.00 e. The fraction of sp³-hybridized carbons (Fsp3) is 0.294. The van der Waals surface area contributed by atoms with E-state index in [-0.39, 0.29) is 31.9 Å². The molecule has 0 N–H and O–H groups in total. The van der Waals surface area contributed by atoms with Crippen molar-refractivity contribution in [3.8, 4) is 39.6 Å². The van der Waals surface area contributed by atoms with Crippen molar-refractivity contribution < 1.29 is 29.9 Å². The second-order valence-corrected chi connectivity index (χ2v) is 17.2. The van der Waals surface area contributed by atoms with Crippen LogP contribution in [-0.2, 0) is 38.3 Å². The van der Waals surface area contributed by atoms with Gasteiger partial charge >= 0.3 is 21.1 Å². The molecule has 1 unspecified atom stereocenters. The Morgan fingerprint density at radius 2 is 1.60 bits per heavy atom. The maximum absolute atomic E-state index is 8.72. The van der Waals surface area contributed by atoms with E-state index in [2.05, 4.69) is 120 Å². The molecule has 0 amide bonds. The van der Waals surface area contributed by atoms with Gasteiger partial charge < -0.3 is 9.14 Å². The van der Waals surface area contributed by atoms with Gasteiger partial charge in [-0.3, -0.25) is 9.67 Å². The number of hydrogen-bond donors (Lipinski definition) is 0. The third kappa shape index (κ3) is 5.52. The van der Waals surface area contributed by atoms with Crippen LogP contribution in [0.5, 0.6) is 11.5 Å². The van der Waals surface area contributed by atoms with E-state index in [4.69, 9.17) is 18.9 Å². The zero-order chi connectivity index (χ0) is 41.2. The Bertz CT molecular complexity index is 2980. The van der Waals surface area contributed by atoms with Gasteiger partial charge in [0.05, 0.1) is 17.5 Å². The summed E-state index contributed by atoms with van der Waals surface area (Å²) < 4.78 is 36.9. The van der Waals surface area contributed by atoms with Gasteiger partial charge in [-0.1, -0.05) is 125 Å². The predicted octanol–water partition coefficient (Wildman–Crippen LogP) is 13.0. The van der Waals surface area contributed by atoms with E-state index in [0.29, 0.717) is 28.9 Å². The summed E-state index contributed by atoms with van der Waals surface area (Å²) in [6.45, 7) is 13.6. The topological polar surface area (TPSA) is 44.3 Å². The van der Waals surface area contributed by atoms with Gasteiger partial charge in [0.1, 0.15) is 0 Å². The minimum absolute atomic E-state index is 0. The molecule has 4 heterocycles. The Balaban J connectivity index is 0.00000462. The van der Waals surface area contributed by atoms with Gasteiger partial charge in [-0.05, 0) is 76.8 Å². The summed E-state index contributed by atoms with van der Waals surface area (Å²) in [6.07, 6.45) is 6.99. The summed E-state index contributed by atoms with van der Waals surface area (Å²) in [7, 11) is 0. The van der Waals surface area contributed by atoms with Gasteiger partial charge in [0, 0.05) is 55.0 Å². The molecule has 57 heavy (non-hydrogen) atoms. The minimum Gasteiger partial charge on any atom is -0.503 e. The summed E-state index contributed by atoms with van der Waals surface area (Å²) in [5, 5.41) is 7.04. The first-order valence-corrected chi connectivity index (χ1v) is 20.0. The minimum atomic E-state index is -2.34. The first-order valence-electron chi connectivity index (χ1n) is 21.5. The third-order valence-electron chi connectivity index (χ3n) is 13.1. The van der Waals surface area contributed by atoms with Crippen molar-refractivity contribution >= 4 is 27.3 Å². The van der Waals surface area contributed by atoms with Crippen LogP contribution in [0.25, 0.3) is 55.4 Å². The van der Waals surface area contributed by atoms with Crippen molar-refractivity contribution in [2.24, 2.45) is 0 Å². The van der Waals surface area contributed by atoms with Crippen molar-refractivity contribution in [3.63, 3.8) is 0 Å². The van der Waals surface area contributed by atoms with Crippen LogP contribution in [0.2, 0.25) is 0 Å². The summed E-state index contributed by atoms with van der Waals surface area (Å²) in [5.41, 5.74) is 12.8. The second kappa shape index (κ2) is 13.6. The number of nitrogens with zero attached hydrogens (tertiary/aromatic N) is 4. The molecule has 10 rings (SSSR count). The van der Waals surface area contributed by atoms with E-state index >= 15 is 0 Å². The van der Waals surface area contributed by atoms with Crippen molar-refractivity contribution in [2.75, 3.05) is 0 Å². The van der Waals surface area contributed by atoms with Gasteiger partial charge in [-0.2, -0.15) is 11.2 Å². The first kappa shape index (κ1) is 34.1. The Hall–Kier alpha value is -4.99. The molecule has 6 heteroatoms. The smallest absolute Gasteiger partial charge is 0.503 e. The van der Waals surface area contributed by atoms with Crippen molar-refractivity contribution in [2.45, 2.75) is 97.2 Å². The SMILES string of the molecule is [2H]C([2H])([2H])c1ccc2c3c1c1ccc(Oc4[c-]c(-n5cc(-c6c(C(C)C)cccc6C(C)C)cn5)ccc4)[c-]c1c1nc4c(n13)C(C)(CCCc1ccccc1-4)C2(C)C.[Pt+2]. The average molecular weight is 931 g/mol. The van der Waals surface area contributed by atoms with E-state index in [1.807, 2.05) is 47.3 Å². The van der Waals surface area contributed by atoms with Crippen LogP contribution in [0, 0.1) is 19.0 Å². The Labute approximate surface area is 354 Å². The van der Waals surface area contributed by atoms with Crippen LogP contribution in [0.4, 0.5) is 0 Å². The van der Waals surface area contributed by atoms with E-state index < -0.39 is 6.85 Å². The Morgan fingerprint density at radius 3 is 2.37 bits per heavy atom. The Morgan fingerprint density at radius 1 is 0.842 bits per heavy atom. The fourth-order valence-corrected chi connectivity index (χ4v) is 9.86. The standard InChI is InChI=1S/C51H48N4O.Pt/c1-30(2)38-19-12-20-39(31(3)4)45(38)34-28-52-54(29-34)35-16-11-17-36(26-35)56-37-22-23-41-42(27-37)49-53-46-40-18-10-9-14-33(40)15-13-25-51(8)48(46)55(49)47-43(50(51,6)7)24-21-32(5)44(41)47;/h9-12,14,16-24,28-31H,13,15,25H2,1-8H3;/q-2;+2/i5D3;. The van der Waals surface area contributed by atoms with Gasteiger partial charge in [-0.15, -0.1) is 30.3 Å². The molecule has 0 radical (unpaired) electrons. The summed E-state index contributed by atoms with van der Waals surface area (Å²) >= 11 is 0. The number of aromatic nitrogens is 4. The van der Waals surface area contributed by atoms with Crippen molar-refractivity contribution in [1.82, 2.24) is 19.2 Å². The molecule has 0 saturated carbocycles. The van der Waals surface area contributed by atoms with Crippen LogP contribution in [0.15, 0.2) is 97.3 Å². The average Bonchev–Trinajstić information content (AvgIpc) is 3.86. The molecule has 8 aromatic rings. The van der Waals surface area contributed by atoms with Crippen LogP contribution in [0.3, 0.4) is 0 Å². The summed E-state index contributed by atoms with van der Waals surface area (Å²) in [5.74, 6) is 1.74. The zero-order valence-corrected chi connectivity index (χ0v) is 35.8. The molecule has 5 aromatic carbocycles. The van der Waals surface area contributed by atoms with Gasteiger partial charge in [-0.25, -0.2) is 0 Å². The Kier molecular flexibility index (Phi) is 8.11. The number of hydrogen-bond acceptors (Lipinski definition) is 3. The molecule has 288 valence electrons. The normalized spacial score (nSPS) is 17.9. The number of imidazole rings is 1. The zero-order valence-electron chi connectivity index (χ0n) is 36.5. The van der Waals surface area contributed by atoms with Gasteiger partial charge in [0.2, 0.25) is 0 Å². The fourth-order valence-electron chi connectivity index (χ4n) is 9.86. The molecule has 2 aliphatic rings. The molecule has 5 nitrogen and oxygen atoms in total. The maximum atomic E-state index is 8.72. The van der Waals surface area contributed by atoms with Gasteiger partial charge in [0.25, 0.3) is 0 Å². The molecular weight excluding hydrogens is 880 g/mol. The summed E-state index contributed by atoms with van der Waals surface area (Å²) in [6, 6.07) is 35.8. The van der Waals surface area contributed by atoms with Crippen molar-refractivity contribution in [1.29, 1.82) is 0 Å². The number of aryl methyl sites for hydroxylation is 2. The third-order valence-corrected chi connectivity index (χ3v) is 13.1. The quantitative estimate of drug-likeness (QED) is 0.123. The molecule has 3 aromatic heterocycles. The van der Waals surface area contributed by atoms with E-state index in [1.54, 1.807) is 0 Å². The number of benzene rings is 5. The molecular formula is C51H48N4OPt. The second-order valence-electron chi connectivity index (χ2n) is 17.2. The first-order chi connectivity index (χ1) is 28.2. The molecule has 1 aliphatic carbocycles. The number of ether oxygens (including phenoxy) is 1. The number of pyridine rings is 1. The van der Waals surface area contributed by atoms with Gasteiger partial charge in [0.15, 0.2) is 0 Å². The molecule has 0 fully saturated rings. The van der Waals surface area contributed by atoms with Crippen LogP contribution in [-0.4, -0.2) is 19.2 Å².